The fourth-order valence-corrected chi connectivity index (χ4v) is 3.27. The maximum Gasteiger partial charge on any atom is 0.251 e. The van der Waals surface area contributed by atoms with Crippen LogP contribution in [0.2, 0.25) is 0 Å². The summed E-state index contributed by atoms with van der Waals surface area (Å²) in [4.78, 5) is 20.3. The highest BCUT2D eigenvalue weighted by molar-refractivity contribution is 5.96. The second-order valence-electron chi connectivity index (χ2n) is 7.16. The van der Waals surface area contributed by atoms with Crippen LogP contribution in [0.1, 0.15) is 47.5 Å². The van der Waals surface area contributed by atoms with Crippen LogP contribution in [-0.2, 0) is 6.42 Å². The van der Waals surface area contributed by atoms with E-state index in [1.165, 1.54) is 5.56 Å². The number of rotatable bonds is 6. The second-order valence-corrected chi connectivity index (χ2v) is 7.16. The number of H-pyrrole nitrogens is 1. The number of aryl methyl sites for hydroxylation is 2. The minimum atomic E-state index is -0.252. The first-order chi connectivity index (χ1) is 14.5. The number of benzene rings is 2. The van der Waals surface area contributed by atoms with Crippen LogP contribution in [-0.4, -0.2) is 36.1 Å². The molecule has 2 aromatic heterocycles. The van der Waals surface area contributed by atoms with Gasteiger partial charge in [0.15, 0.2) is 5.82 Å². The summed E-state index contributed by atoms with van der Waals surface area (Å²) in [5.41, 5.74) is 4.38. The van der Waals surface area contributed by atoms with Gasteiger partial charge in [0.25, 0.3) is 5.91 Å². The molecule has 0 saturated heterocycles. The van der Waals surface area contributed by atoms with Crippen LogP contribution in [0.5, 0.6) is 0 Å². The van der Waals surface area contributed by atoms with Crippen molar-refractivity contribution >= 4 is 5.91 Å². The first-order valence-corrected chi connectivity index (χ1v) is 9.85. The molecule has 1 atom stereocenters. The van der Waals surface area contributed by atoms with Gasteiger partial charge in [-0.15, -0.1) is 5.10 Å². The predicted molar refractivity (Wildman–Crippen MR) is 113 cm³/mol. The van der Waals surface area contributed by atoms with Gasteiger partial charge >= 0.3 is 0 Å². The van der Waals surface area contributed by atoms with Crippen molar-refractivity contribution in [3.63, 3.8) is 0 Å². The molecule has 2 aromatic carbocycles. The zero-order valence-corrected chi connectivity index (χ0v) is 17.1. The van der Waals surface area contributed by atoms with E-state index in [-0.39, 0.29) is 11.9 Å². The quantitative estimate of drug-likeness (QED) is 0.515. The van der Waals surface area contributed by atoms with E-state index in [2.05, 4.69) is 42.9 Å². The highest BCUT2D eigenvalue weighted by Gasteiger charge is 2.17. The van der Waals surface area contributed by atoms with Crippen molar-refractivity contribution in [2.24, 2.45) is 0 Å². The van der Waals surface area contributed by atoms with E-state index in [1.807, 2.05) is 45.0 Å². The summed E-state index contributed by atoms with van der Waals surface area (Å²) in [6, 6.07) is 13.6. The maximum absolute atomic E-state index is 13.1. The number of tetrazole rings is 1. The standard InChI is InChI=1S/C22H23N7O/c1-4-20-26-27-28-29(20)19-12-17(16-7-5-14(2)6-8-16)11-18(13-19)22(30)25-15(3)21-23-9-10-24-21/h5-13,15H,4H2,1-3H3,(H,23,24)(H,25,30). The van der Waals surface area contributed by atoms with Crippen LogP contribution in [0, 0.1) is 6.92 Å². The van der Waals surface area contributed by atoms with Crippen LogP contribution in [0.3, 0.4) is 0 Å². The number of nitrogens with zero attached hydrogens (tertiary/aromatic N) is 5. The lowest BCUT2D eigenvalue weighted by molar-refractivity contribution is 0.0938. The molecule has 8 heteroatoms. The van der Waals surface area contributed by atoms with Gasteiger partial charge in [-0.2, -0.15) is 4.68 Å². The molecule has 0 spiro atoms. The Morgan fingerprint density at radius 2 is 1.97 bits per heavy atom. The van der Waals surface area contributed by atoms with E-state index in [0.29, 0.717) is 17.8 Å². The summed E-state index contributed by atoms with van der Waals surface area (Å²) in [5, 5.41) is 15.0. The summed E-state index contributed by atoms with van der Waals surface area (Å²) in [6.07, 6.45) is 4.08. The Labute approximate surface area is 174 Å². The zero-order chi connectivity index (χ0) is 21.1. The number of aromatic nitrogens is 6. The van der Waals surface area contributed by atoms with Crippen molar-refractivity contribution in [2.75, 3.05) is 0 Å². The highest BCUT2D eigenvalue weighted by Crippen LogP contribution is 2.25. The molecule has 2 heterocycles. The SMILES string of the molecule is CCc1nnnn1-c1cc(C(=O)NC(C)c2ncc[nH]2)cc(-c2ccc(C)cc2)c1. The first-order valence-electron chi connectivity index (χ1n) is 9.85. The van der Waals surface area contributed by atoms with E-state index in [0.717, 1.165) is 22.6 Å². The van der Waals surface area contributed by atoms with Crippen molar-refractivity contribution in [1.29, 1.82) is 0 Å². The van der Waals surface area contributed by atoms with Crippen molar-refractivity contribution < 1.29 is 4.79 Å². The Morgan fingerprint density at radius 3 is 2.67 bits per heavy atom. The number of aromatic amines is 1. The first kappa shape index (κ1) is 19.5. The minimum Gasteiger partial charge on any atom is -0.347 e. The molecule has 152 valence electrons. The Balaban J connectivity index is 1.75. The van der Waals surface area contributed by atoms with E-state index in [1.54, 1.807) is 23.1 Å². The molecule has 4 aromatic rings. The third-order valence-electron chi connectivity index (χ3n) is 4.94. The Morgan fingerprint density at radius 1 is 1.17 bits per heavy atom. The minimum absolute atomic E-state index is 0.194. The van der Waals surface area contributed by atoms with Gasteiger partial charge < -0.3 is 10.3 Å². The lowest BCUT2D eigenvalue weighted by Gasteiger charge is -2.14. The van der Waals surface area contributed by atoms with Crippen LogP contribution in [0.25, 0.3) is 16.8 Å². The van der Waals surface area contributed by atoms with Gasteiger partial charge in [0.05, 0.1) is 11.7 Å². The smallest absolute Gasteiger partial charge is 0.251 e. The Bertz CT molecular complexity index is 1150. The fraction of sp³-hybridized carbons (Fsp3) is 0.227. The van der Waals surface area contributed by atoms with E-state index in [4.69, 9.17) is 0 Å². The molecule has 1 unspecified atom stereocenters. The van der Waals surface area contributed by atoms with Crippen LogP contribution < -0.4 is 5.32 Å². The maximum atomic E-state index is 13.1. The largest absolute Gasteiger partial charge is 0.347 e. The summed E-state index contributed by atoms with van der Waals surface area (Å²) in [5.74, 6) is 1.23. The van der Waals surface area contributed by atoms with Gasteiger partial charge in [0.1, 0.15) is 5.82 Å². The molecular formula is C22H23N7O. The Kier molecular flexibility index (Phi) is 5.38. The normalized spacial score (nSPS) is 12.0. The van der Waals surface area contributed by atoms with E-state index < -0.39 is 0 Å². The lowest BCUT2D eigenvalue weighted by atomic mass is 10.0. The average Bonchev–Trinajstić information content (AvgIpc) is 3.46. The summed E-state index contributed by atoms with van der Waals surface area (Å²) in [6.45, 7) is 5.92. The zero-order valence-electron chi connectivity index (χ0n) is 17.1. The van der Waals surface area contributed by atoms with Gasteiger partial charge in [-0.25, -0.2) is 4.98 Å². The summed E-state index contributed by atoms with van der Waals surface area (Å²) in [7, 11) is 0. The monoisotopic (exact) mass is 401 g/mol. The van der Waals surface area contributed by atoms with Crippen molar-refractivity contribution in [3.05, 3.63) is 77.6 Å². The highest BCUT2D eigenvalue weighted by atomic mass is 16.1. The molecule has 0 saturated carbocycles. The van der Waals surface area contributed by atoms with Gasteiger partial charge in [-0.3, -0.25) is 4.79 Å². The molecule has 0 aliphatic carbocycles. The van der Waals surface area contributed by atoms with Crippen molar-refractivity contribution in [3.8, 4) is 16.8 Å². The van der Waals surface area contributed by atoms with E-state index in [9.17, 15) is 4.79 Å². The molecular weight excluding hydrogens is 378 g/mol. The van der Waals surface area contributed by atoms with Gasteiger partial charge in [0, 0.05) is 24.4 Å². The molecule has 30 heavy (non-hydrogen) atoms. The van der Waals surface area contributed by atoms with Crippen LogP contribution >= 0.6 is 0 Å². The van der Waals surface area contributed by atoms with Crippen LogP contribution in [0.4, 0.5) is 0 Å². The van der Waals surface area contributed by atoms with E-state index >= 15 is 0 Å². The summed E-state index contributed by atoms with van der Waals surface area (Å²) < 4.78 is 1.67. The van der Waals surface area contributed by atoms with Crippen molar-refractivity contribution in [1.82, 2.24) is 35.5 Å². The number of amides is 1. The fourth-order valence-electron chi connectivity index (χ4n) is 3.27. The topological polar surface area (TPSA) is 101 Å². The summed E-state index contributed by atoms with van der Waals surface area (Å²) >= 11 is 0. The predicted octanol–water partition coefficient (Wildman–Crippen LogP) is 3.41. The molecule has 4 rings (SSSR count). The Hall–Kier alpha value is -3.81. The van der Waals surface area contributed by atoms with Gasteiger partial charge in [-0.05, 0) is 53.6 Å². The lowest BCUT2D eigenvalue weighted by Crippen LogP contribution is -2.27. The second kappa shape index (κ2) is 8.28. The number of carbonyl (C=O) groups is 1. The third-order valence-corrected chi connectivity index (χ3v) is 4.94. The molecule has 2 N–H and O–H groups in total. The molecule has 8 nitrogen and oxygen atoms in total. The molecule has 0 fully saturated rings. The van der Waals surface area contributed by atoms with Crippen molar-refractivity contribution in [2.45, 2.75) is 33.2 Å². The molecule has 0 bridgehead atoms. The number of imidazole rings is 1. The van der Waals surface area contributed by atoms with Gasteiger partial charge in [0.2, 0.25) is 0 Å². The number of carbonyl (C=O) groups excluding carboxylic acids is 1. The molecule has 0 aliphatic heterocycles. The van der Waals surface area contributed by atoms with Crippen LogP contribution in [0.15, 0.2) is 54.9 Å². The molecule has 0 radical (unpaired) electrons. The number of hydrogen-bond donors (Lipinski definition) is 2. The molecule has 0 aliphatic rings. The number of hydrogen-bond acceptors (Lipinski definition) is 5. The van der Waals surface area contributed by atoms with Gasteiger partial charge in [-0.1, -0.05) is 36.8 Å². The number of nitrogens with one attached hydrogen (secondary N) is 2. The third kappa shape index (κ3) is 3.98. The molecule has 1 amide bonds. The average molecular weight is 401 g/mol.